The van der Waals surface area contributed by atoms with Gasteiger partial charge in [0.25, 0.3) is 5.78 Å². The molecule has 0 saturated carbocycles. The predicted molar refractivity (Wildman–Crippen MR) is 74.8 cm³/mol. The van der Waals surface area contributed by atoms with E-state index in [2.05, 4.69) is 9.98 Å². The zero-order valence-corrected chi connectivity index (χ0v) is 10.9. The molecule has 3 rings (SSSR count). The Labute approximate surface area is 119 Å². The first-order chi connectivity index (χ1) is 10.1. The van der Waals surface area contributed by atoms with Crippen LogP contribution < -0.4 is 5.36 Å². The molecule has 104 valence electrons. The third kappa shape index (κ3) is 2.46. The highest BCUT2D eigenvalue weighted by molar-refractivity contribution is 6.45. The average molecular weight is 281 g/mol. The number of carbonyl (C=O) groups is 2. The van der Waals surface area contributed by atoms with E-state index in [1.54, 1.807) is 12.1 Å². The number of para-hydroxylation sites is 1. The predicted octanol–water partition coefficient (Wildman–Crippen LogP) is 1.52. The number of aromatic nitrogens is 2. The van der Waals surface area contributed by atoms with Crippen LogP contribution >= 0.6 is 0 Å². The van der Waals surface area contributed by atoms with Gasteiger partial charge in [-0.2, -0.15) is 0 Å². The van der Waals surface area contributed by atoms with Crippen LogP contribution in [0.2, 0.25) is 0 Å². The molecular weight excluding hydrogens is 270 g/mol. The number of nitrogens with zero attached hydrogens (tertiary/aromatic N) is 2. The quantitative estimate of drug-likeness (QED) is 0.424. The monoisotopic (exact) mass is 281 g/mol. The number of nitrogens with one attached hydrogen (secondary N) is 1. The van der Waals surface area contributed by atoms with Crippen molar-refractivity contribution in [1.29, 1.82) is 0 Å². The summed E-state index contributed by atoms with van der Waals surface area (Å²) in [4.78, 5) is 30.8. The van der Waals surface area contributed by atoms with Crippen molar-refractivity contribution in [3.05, 3.63) is 65.9 Å². The van der Waals surface area contributed by atoms with Gasteiger partial charge in [-0.1, -0.05) is 18.2 Å². The second-order valence-electron chi connectivity index (χ2n) is 4.43. The van der Waals surface area contributed by atoms with E-state index in [0.29, 0.717) is 16.3 Å². The van der Waals surface area contributed by atoms with Crippen molar-refractivity contribution in [2.24, 2.45) is 4.99 Å². The normalized spacial score (nSPS) is 10.5. The molecule has 0 spiro atoms. The molecule has 0 bridgehead atoms. The summed E-state index contributed by atoms with van der Waals surface area (Å²) in [5.74, 6) is -1.52. The molecule has 1 aromatic carbocycles. The van der Waals surface area contributed by atoms with Gasteiger partial charge in [0.15, 0.2) is 0 Å². The molecule has 3 aromatic rings. The van der Waals surface area contributed by atoms with Gasteiger partial charge in [0, 0.05) is 29.5 Å². The number of amides is 1. The summed E-state index contributed by atoms with van der Waals surface area (Å²) >= 11 is 0. The number of carbonyl (C=O) groups excluding carboxylic acids is 2. The molecule has 0 atom stereocenters. The van der Waals surface area contributed by atoms with Crippen molar-refractivity contribution in [1.82, 2.24) is 9.71 Å². The SMILES string of the molecule is O=C(N=c1ccn(O)cc1)C(=O)c1c[nH]c2ccccc12. The van der Waals surface area contributed by atoms with Gasteiger partial charge in [-0.25, -0.2) is 9.72 Å². The number of hydrogen-bond acceptors (Lipinski definition) is 3. The first-order valence-electron chi connectivity index (χ1n) is 6.22. The third-order valence-corrected chi connectivity index (χ3v) is 3.05. The van der Waals surface area contributed by atoms with E-state index >= 15 is 0 Å². The fourth-order valence-electron chi connectivity index (χ4n) is 2.03. The van der Waals surface area contributed by atoms with E-state index in [-0.39, 0.29) is 0 Å². The highest BCUT2D eigenvalue weighted by atomic mass is 16.5. The Hall–Kier alpha value is -3.15. The number of ketones is 1. The Morgan fingerprint density at radius 3 is 2.57 bits per heavy atom. The molecule has 0 radical (unpaired) electrons. The maximum absolute atomic E-state index is 12.2. The summed E-state index contributed by atoms with van der Waals surface area (Å²) in [6, 6.07) is 10.1. The molecule has 0 aliphatic rings. The van der Waals surface area contributed by atoms with E-state index in [4.69, 9.17) is 5.21 Å². The number of H-pyrrole nitrogens is 1. The van der Waals surface area contributed by atoms with Crippen molar-refractivity contribution < 1.29 is 14.8 Å². The first kappa shape index (κ1) is 12.9. The minimum Gasteiger partial charge on any atom is -0.429 e. The second-order valence-corrected chi connectivity index (χ2v) is 4.43. The summed E-state index contributed by atoms with van der Waals surface area (Å²) in [5.41, 5.74) is 1.09. The number of fused-ring (bicyclic) bond motifs is 1. The zero-order valence-electron chi connectivity index (χ0n) is 10.9. The first-order valence-corrected chi connectivity index (χ1v) is 6.22. The summed E-state index contributed by atoms with van der Waals surface area (Å²) in [6.07, 6.45) is 4.15. The maximum atomic E-state index is 12.2. The van der Waals surface area contributed by atoms with Crippen LogP contribution in [0.25, 0.3) is 10.9 Å². The Morgan fingerprint density at radius 1 is 1.10 bits per heavy atom. The van der Waals surface area contributed by atoms with Crippen LogP contribution in [-0.2, 0) is 4.79 Å². The molecular formula is C15H11N3O3. The number of Topliss-reactive ketones (excluding diaryl/α,β-unsaturated/α-hetero) is 1. The van der Waals surface area contributed by atoms with Gasteiger partial charge < -0.3 is 10.2 Å². The topological polar surface area (TPSA) is 87.4 Å². The molecule has 0 saturated heterocycles. The molecule has 0 fully saturated rings. The number of benzene rings is 1. The van der Waals surface area contributed by atoms with Crippen molar-refractivity contribution >= 4 is 22.6 Å². The minimum atomic E-state index is -0.851. The van der Waals surface area contributed by atoms with Gasteiger partial charge in [0.05, 0.1) is 10.9 Å². The fraction of sp³-hybridized carbons (Fsp3) is 0. The van der Waals surface area contributed by atoms with Gasteiger partial charge in [-0.05, 0) is 18.2 Å². The van der Waals surface area contributed by atoms with Crippen molar-refractivity contribution in [2.75, 3.05) is 0 Å². The highest BCUT2D eigenvalue weighted by Crippen LogP contribution is 2.18. The van der Waals surface area contributed by atoms with Gasteiger partial charge >= 0.3 is 5.91 Å². The van der Waals surface area contributed by atoms with Crippen molar-refractivity contribution in [3.8, 4) is 0 Å². The standard InChI is InChI=1S/C15H11N3O3/c19-14(12-9-16-13-4-2-1-3-11(12)13)15(20)17-10-5-7-18(21)8-6-10/h1-9,16,21H. The van der Waals surface area contributed by atoms with E-state index in [9.17, 15) is 9.59 Å². The van der Waals surface area contributed by atoms with Crippen LogP contribution in [0.4, 0.5) is 0 Å². The molecule has 2 heterocycles. The molecule has 6 heteroatoms. The number of rotatable bonds is 2. The van der Waals surface area contributed by atoms with Crippen LogP contribution in [0.1, 0.15) is 10.4 Å². The summed E-state index contributed by atoms with van der Waals surface area (Å²) < 4.78 is 0.824. The van der Waals surface area contributed by atoms with Crippen LogP contribution in [0.15, 0.2) is 60.0 Å². The lowest BCUT2D eigenvalue weighted by Gasteiger charge is -1.95. The van der Waals surface area contributed by atoms with Gasteiger partial charge in [-0.15, -0.1) is 0 Å². The van der Waals surface area contributed by atoms with Crippen LogP contribution in [0.3, 0.4) is 0 Å². The Morgan fingerprint density at radius 2 is 1.81 bits per heavy atom. The van der Waals surface area contributed by atoms with Crippen LogP contribution in [0, 0.1) is 0 Å². The lowest BCUT2D eigenvalue weighted by atomic mass is 10.1. The Kier molecular flexibility index (Phi) is 3.12. The fourth-order valence-corrected chi connectivity index (χ4v) is 2.03. The van der Waals surface area contributed by atoms with Gasteiger partial charge in [0.1, 0.15) is 0 Å². The van der Waals surface area contributed by atoms with E-state index in [1.807, 2.05) is 12.1 Å². The Balaban J connectivity index is 1.97. The molecule has 6 nitrogen and oxygen atoms in total. The van der Waals surface area contributed by atoms with E-state index < -0.39 is 11.7 Å². The maximum Gasteiger partial charge on any atom is 0.318 e. The van der Waals surface area contributed by atoms with Crippen molar-refractivity contribution in [2.45, 2.75) is 0 Å². The number of hydrogen-bond donors (Lipinski definition) is 2. The molecule has 2 aromatic heterocycles. The number of aromatic amines is 1. The lowest BCUT2D eigenvalue weighted by molar-refractivity contribution is -0.114. The summed E-state index contributed by atoms with van der Waals surface area (Å²) in [7, 11) is 0. The minimum absolute atomic E-state index is 0.299. The molecule has 21 heavy (non-hydrogen) atoms. The van der Waals surface area contributed by atoms with Gasteiger partial charge in [0.2, 0.25) is 0 Å². The smallest absolute Gasteiger partial charge is 0.318 e. The molecule has 0 aliphatic heterocycles. The Bertz CT molecular complexity index is 885. The highest BCUT2D eigenvalue weighted by Gasteiger charge is 2.18. The van der Waals surface area contributed by atoms with Gasteiger partial charge in [-0.3, -0.25) is 9.59 Å². The van der Waals surface area contributed by atoms with Crippen LogP contribution in [-0.4, -0.2) is 26.6 Å². The average Bonchev–Trinajstić information content (AvgIpc) is 2.92. The summed E-state index contributed by atoms with van der Waals surface area (Å²) in [6.45, 7) is 0. The number of pyridine rings is 1. The zero-order chi connectivity index (χ0) is 14.8. The van der Waals surface area contributed by atoms with Crippen molar-refractivity contribution in [3.63, 3.8) is 0 Å². The molecule has 1 amide bonds. The second kappa shape index (κ2) is 5.09. The molecule has 0 aliphatic carbocycles. The lowest BCUT2D eigenvalue weighted by Crippen LogP contribution is -2.16. The largest absolute Gasteiger partial charge is 0.429 e. The molecule has 0 unspecified atom stereocenters. The van der Waals surface area contributed by atoms with E-state index in [1.165, 1.54) is 30.7 Å². The summed E-state index contributed by atoms with van der Waals surface area (Å²) in [5, 5.41) is 10.1. The molecule has 2 N–H and O–H groups in total. The third-order valence-electron chi connectivity index (χ3n) is 3.05. The van der Waals surface area contributed by atoms with E-state index in [0.717, 1.165) is 10.2 Å². The van der Waals surface area contributed by atoms with Crippen LogP contribution in [0.5, 0.6) is 0 Å².